The molecule has 70 heavy (non-hydrogen) atoms. The molecule has 0 saturated carbocycles. The lowest BCUT2D eigenvalue weighted by Gasteiger charge is -2.34. The van der Waals surface area contributed by atoms with Gasteiger partial charge in [0.2, 0.25) is 0 Å². The fraction of sp³-hybridized carbons (Fsp3) is 0.0943. The van der Waals surface area contributed by atoms with Crippen LogP contribution in [0.5, 0.6) is 11.5 Å². The average Bonchev–Trinajstić information content (AvgIpc) is 3.90. The summed E-state index contributed by atoms with van der Waals surface area (Å²) in [6.07, 6.45) is 1.54. The monoisotopic (exact) mass is 986 g/mol. The third kappa shape index (κ3) is 7.26. The quantitative estimate of drug-likeness (QED) is 0.102. The highest BCUT2D eigenvalue weighted by Crippen LogP contribution is 2.65. The fourth-order valence-electron chi connectivity index (χ4n) is 10.2. The minimum absolute atomic E-state index is 0.0240. The van der Waals surface area contributed by atoms with Crippen molar-refractivity contribution in [1.82, 2.24) is 0 Å². The molecule has 1 heterocycles. The molecule has 0 aromatic heterocycles. The zero-order valence-corrected chi connectivity index (χ0v) is 36.3. The number of aryl methyl sites for hydroxylation is 2. The van der Waals surface area contributed by atoms with Crippen molar-refractivity contribution < 1.29 is 71.2 Å². The highest BCUT2D eigenvalue weighted by atomic mass is 31.2. The van der Waals surface area contributed by atoms with Crippen LogP contribution in [0.25, 0.3) is 66.8 Å². The molecule has 3 aliphatic rings. The summed E-state index contributed by atoms with van der Waals surface area (Å²) in [7, 11) is -5.38. The van der Waals surface area contributed by atoms with Crippen molar-refractivity contribution in [1.29, 1.82) is 0 Å². The SMILES string of the molecule is O=P1(O)Oc2c(-c3cc(-c4cc(F)c(F)c(F)c4)cc(-c4cc(F)c(F)c(F)c4)c3)ccc3c2C2(CC3)CCc3ccc(-c4cc(-c5cc(F)c(F)c(F)c5)cc(-c5cc(F)c(F)c(F)c5)c4)c(c32)O1. The van der Waals surface area contributed by atoms with Crippen LogP contribution >= 0.6 is 7.82 Å². The van der Waals surface area contributed by atoms with E-state index in [1.54, 1.807) is 12.1 Å². The van der Waals surface area contributed by atoms with Crippen LogP contribution < -0.4 is 9.05 Å². The summed E-state index contributed by atoms with van der Waals surface area (Å²) in [5, 5.41) is 0. The summed E-state index contributed by atoms with van der Waals surface area (Å²) in [6, 6.07) is 20.1. The Morgan fingerprint density at radius 3 is 0.886 bits per heavy atom. The largest absolute Gasteiger partial charge is 0.584 e. The van der Waals surface area contributed by atoms with E-state index in [9.17, 15) is 62.1 Å². The van der Waals surface area contributed by atoms with Crippen molar-refractivity contribution >= 4 is 7.82 Å². The standard InChI is InChI=1S/C53H27F12O4P/c54-37-15-29(16-38(55)47(37)62)25-9-26(30-17-39(56)48(63)40(57)18-30)12-33(11-25)35-3-1-23-5-7-53-8-6-24-2-4-36(52(46(24)53)69-70(66,67)68-51(35)45(23)53)34-13-27(31-19-41(58)49(64)42(59)20-31)10-28(14-34)32-21-43(60)50(65)44(61)22-32/h1-4,9-22H,5-8H2,(H,66,67). The second-order valence-corrected chi connectivity index (χ2v) is 18.6. The van der Waals surface area contributed by atoms with Crippen molar-refractivity contribution in [2.75, 3.05) is 0 Å². The van der Waals surface area contributed by atoms with Crippen molar-refractivity contribution in [2.24, 2.45) is 0 Å². The number of hydrogen-bond donors (Lipinski definition) is 1. The van der Waals surface area contributed by atoms with Crippen LogP contribution in [0, 0.1) is 69.8 Å². The molecule has 1 spiro atoms. The summed E-state index contributed by atoms with van der Waals surface area (Å²) >= 11 is 0. The second-order valence-electron chi connectivity index (χ2n) is 17.3. The molecule has 8 aromatic carbocycles. The average molecular weight is 987 g/mol. The molecule has 8 aromatic rings. The first-order valence-corrected chi connectivity index (χ1v) is 22.7. The molecular weight excluding hydrogens is 960 g/mol. The molecule has 0 fully saturated rings. The van der Waals surface area contributed by atoms with E-state index < -0.39 is 83.0 Å². The maximum Gasteiger partial charge on any atom is 0.584 e. The maximum absolute atomic E-state index is 14.7. The molecule has 352 valence electrons. The van der Waals surface area contributed by atoms with Crippen molar-refractivity contribution in [2.45, 2.75) is 31.1 Å². The van der Waals surface area contributed by atoms with Gasteiger partial charge in [-0.25, -0.2) is 57.3 Å². The Bertz CT molecular complexity index is 3190. The van der Waals surface area contributed by atoms with Gasteiger partial charge in [-0.1, -0.05) is 24.3 Å². The lowest BCUT2D eigenvalue weighted by Crippen LogP contribution is -2.25. The lowest BCUT2D eigenvalue weighted by atomic mass is 9.74. The molecule has 11 rings (SSSR count). The van der Waals surface area contributed by atoms with Gasteiger partial charge in [-0.3, -0.25) is 4.89 Å². The maximum atomic E-state index is 14.7. The van der Waals surface area contributed by atoms with E-state index in [0.29, 0.717) is 96.5 Å². The Morgan fingerprint density at radius 1 is 0.371 bits per heavy atom. The van der Waals surface area contributed by atoms with Crippen LogP contribution in [0.4, 0.5) is 52.7 Å². The minimum Gasteiger partial charge on any atom is -0.394 e. The van der Waals surface area contributed by atoms with Gasteiger partial charge >= 0.3 is 7.82 Å². The first kappa shape index (κ1) is 45.2. The number of halogens is 12. The summed E-state index contributed by atoms with van der Waals surface area (Å²) in [5.74, 6) is -19.8. The molecular formula is C53H27F12O4P. The topological polar surface area (TPSA) is 55.8 Å². The van der Waals surface area contributed by atoms with E-state index in [2.05, 4.69) is 0 Å². The van der Waals surface area contributed by atoms with Gasteiger partial charge in [-0.05, 0) is 177 Å². The molecule has 0 saturated heterocycles. The Labute approximate surface area is 388 Å². The van der Waals surface area contributed by atoms with Gasteiger partial charge in [-0.2, -0.15) is 0 Å². The number of phosphoric ester groups is 1. The number of rotatable bonds is 6. The van der Waals surface area contributed by atoms with Crippen molar-refractivity contribution in [3.63, 3.8) is 0 Å². The molecule has 1 N–H and O–H groups in total. The van der Waals surface area contributed by atoms with Gasteiger partial charge in [0.05, 0.1) is 0 Å². The molecule has 0 atom stereocenters. The third-order valence-electron chi connectivity index (χ3n) is 13.3. The highest BCUT2D eigenvalue weighted by molar-refractivity contribution is 7.48. The van der Waals surface area contributed by atoms with Gasteiger partial charge in [0.1, 0.15) is 11.5 Å². The highest BCUT2D eigenvalue weighted by Gasteiger charge is 2.52. The number of benzene rings is 8. The predicted octanol–water partition coefficient (Wildman–Crippen LogP) is 15.4. The summed E-state index contributed by atoms with van der Waals surface area (Å²) in [6.45, 7) is 0. The number of hydrogen-bond acceptors (Lipinski definition) is 3. The number of phosphoric acid groups is 1. The van der Waals surface area contributed by atoms with E-state index in [-0.39, 0.29) is 78.3 Å². The van der Waals surface area contributed by atoms with E-state index in [1.807, 2.05) is 0 Å². The molecule has 0 amide bonds. The fourth-order valence-corrected chi connectivity index (χ4v) is 11.1. The first-order chi connectivity index (χ1) is 33.3. The van der Waals surface area contributed by atoms with Gasteiger partial charge in [0.25, 0.3) is 0 Å². The van der Waals surface area contributed by atoms with E-state index in [0.717, 1.165) is 0 Å². The van der Waals surface area contributed by atoms with E-state index in [1.165, 1.54) is 48.5 Å². The zero-order chi connectivity index (χ0) is 49.3. The van der Waals surface area contributed by atoms with Gasteiger partial charge in [0, 0.05) is 27.7 Å². The molecule has 1 aliphatic heterocycles. The van der Waals surface area contributed by atoms with Crippen LogP contribution in [-0.4, -0.2) is 4.89 Å². The molecule has 0 bridgehead atoms. The summed E-state index contributed by atoms with van der Waals surface area (Å²) in [5.41, 5.74) is 0.612. The zero-order valence-electron chi connectivity index (χ0n) is 35.4. The third-order valence-corrected chi connectivity index (χ3v) is 14.1. The van der Waals surface area contributed by atoms with Crippen molar-refractivity contribution in [3.05, 3.63) is 201 Å². The lowest BCUT2D eigenvalue weighted by molar-refractivity contribution is 0.281. The van der Waals surface area contributed by atoms with Gasteiger partial charge in [-0.15, -0.1) is 0 Å². The van der Waals surface area contributed by atoms with Crippen LogP contribution in [0.15, 0.2) is 109 Å². The molecule has 2 aliphatic carbocycles. The van der Waals surface area contributed by atoms with Crippen LogP contribution in [-0.2, 0) is 22.8 Å². The van der Waals surface area contributed by atoms with Gasteiger partial charge in [0.15, 0.2) is 69.8 Å². The Kier molecular flexibility index (Phi) is 10.4. The molecule has 17 heteroatoms. The predicted molar refractivity (Wildman–Crippen MR) is 233 cm³/mol. The molecule has 4 nitrogen and oxygen atoms in total. The van der Waals surface area contributed by atoms with Crippen molar-refractivity contribution in [3.8, 4) is 78.3 Å². The Morgan fingerprint density at radius 2 is 0.614 bits per heavy atom. The molecule has 0 radical (unpaired) electrons. The second kappa shape index (κ2) is 16.1. The normalized spacial score (nSPS) is 14.9. The smallest absolute Gasteiger partial charge is 0.394 e. The van der Waals surface area contributed by atoms with E-state index >= 15 is 0 Å². The van der Waals surface area contributed by atoms with Crippen LogP contribution in [0.2, 0.25) is 0 Å². The van der Waals surface area contributed by atoms with E-state index in [4.69, 9.17) is 9.05 Å². The summed E-state index contributed by atoms with van der Waals surface area (Å²) in [4.78, 5) is 11.8. The Balaban J connectivity index is 1.14. The minimum atomic E-state index is -5.38. The van der Waals surface area contributed by atoms with Crippen LogP contribution in [0.1, 0.15) is 35.1 Å². The molecule has 0 unspecified atom stereocenters. The van der Waals surface area contributed by atoms with Crippen LogP contribution in [0.3, 0.4) is 0 Å². The first-order valence-electron chi connectivity index (χ1n) is 21.2. The Hall–Kier alpha value is -7.29. The van der Waals surface area contributed by atoms with Gasteiger partial charge < -0.3 is 9.05 Å². The summed E-state index contributed by atoms with van der Waals surface area (Å²) < 4.78 is 201.